The van der Waals surface area contributed by atoms with Crippen molar-refractivity contribution in [2.24, 2.45) is 0 Å². The van der Waals surface area contributed by atoms with Crippen LogP contribution in [-0.4, -0.2) is 58.5 Å². The molecule has 5 rings (SSSR count). The zero-order chi connectivity index (χ0) is 22.2. The molecule has 0 unspecified atom stereocenters. The van der Waals surface area contributed by atoms with Gasteiger partial charge >= 0.3 is 0 Å². The second-order valence-electron chi connectivity index (χ2n) is 8.48. The highest BCUT2D eigenvalue weighted by Gasteiger charge is 2.43. The van der Waals surface area contributed by atoms with Crippen molar-refractivity contribution in [3.8, 4) is 34.0 Å². The maximum atomic E-state index is 14.9. The SMILES string of the molecule is COc1cc(-c2ccc(-c3cnc(N(C)[C@H]4C[C@@H]5CC[C@@H](N5)[C@H]4F)cn3)c(O)c2)ccn1. The lowest BCUT2D eigenvalue weighted by molar-refractivity contribution is 0.176. The number of fused-ring (bicyclic) bond motifs is 2. The molecule has 4 atom stereocenters. The van der Waals surface area contributed by atoms with Crippen LogP contribution in [0.2, 0.25) is 0 Å². The van der Waals surface area contributed by atoms with Crippen LogP contribution < -0.4 is 15.0 Å². The van der Waals surface area contributed by atoms with Crippen molar-refractivity contribution in [2.45, 2.75) is 43.6 Å². The number of alkyl halides is 1. The number of hydrogen-bond donors (Lipinski definition) is 2. The summed E-state index contributed by atoms with van der Waals surface area (Å²) in [6.45, 7) is 0. The van der Waals surface area contributed by atoms with E-state index in [-0.39, 0.29) is 17.8 Å². The fraction of sp³-hybridized carbons (Fsp3) is 0.375. The quantitative estimate of drug-likeness (QED) is 0.634. The summed E-state index contributed by atoms with van der Waals surface area (Å²) >= 11 is 0. The van der Waals surface area contributed by atoms with E-state index in [1.165, 1.54) is 0 Å². The molecule has 1 aromatic carbocycles. The van der Waals surface area contributed by atoms with Crippen LogP contribution in [0, 0.1) is 0 Å². The molecule has 3 aromatic rings. The van der Waals surface area contributed by atoms with E-state index in [0.717, 1.165) is 30.4 Å². The molecule has 2 aromatic heterocycles. The van der Waals surface area contributed by atoms with Crippen LogP contribution in [0.25, 0.3) is 22.4 Å². The van der Waals surface area contributed by atoms with Gasteiger partial charge in [-0.25, -0.2) is 14.4 Å². The Morgan fingerprint density at radius 2 is 1.94 bits per heavy atom. The summed E-state index contributed by atoms with van der Waals surface area (Å²) in [6, 6.07) is 9.17. The second kappa shape index (κ2) is 8.35. The highest BCUT2D eigenvalue weighted by Crippen LogP contribution is 2.35. The Bertz CT molecular complexity index is 1110. The van der Waals surface area contributed by atoms with Gasteiger partial charge in [-0.15, -0.1) is 0 Å². The summed E-state index contributed by atoms with van der Waals surface area (Å²) in [7, 11) is 3.44. The third-order valence-electron chi connectivity index (χ3n) is 6.60. The van der Waals surface area contributed by atoms with E-state index in [0.29, 0.717) is 29.0 Å². The molecule has 2 aliphatic rings. The number of ether oxygens (including phenoxy) is 1. The summed E-state index contributed by atoms with van der Waals surface area (Å²) in [6.07, 6.45) is 6.69. The number of nitrogens with zero attached hydrogens (tertiary/aromatic N) is 4. The molecule has 2 saturated heterocycles. The maximum Gasteiger partial charge on any atom is 0.213 e. The first-order valence-corrected chi connectivity index (χ1v) is 10.8. The average molecular weight is 436 g/mol. The Balaban J connectivity index is 1.35. The lowest BCUT2D eigenvalue weighted by Crippen LogP contribution is -2.55. The van der Waals surface area contributed by atoms with E-state index in [2.05, 4.69) is 20.3 Å². The molecule has 7 nitrogen and oxygen atoms in total. The van der Waals surface area contributed by atoms with Gasteiger partial charge in [-0.3, -0.25) is 4.98 Å². The Labute approximate surface area is 186 Å². The summed E-state index contributed by atoms with van der Waals surface area (Å²) in [4.78, 5) is 15.0. The predicted molar refractivity (Wildman–Crippen MR) is 121 cm³/mol. The van der Waals surface area contributed by atoms with Gasteiger partial charge in [0.2, 0.25) is 5.88 Å². The molecule has 0 amide bonds. The number of rotatable bonds is 5. The van der Waals surface area contributed by atoms with Gasteiger partial charge in [0, 0.05) is 37.0 Å². The van der Waals surface area contributed by atoms with Crippen molar-refractivity contribution in [2.75, 3.05) is 19.1 Å². The Morgan fingerprint density at radius 1 is 1.09 bits per heavy atom. The van der Waals surface area contributed by atoms with E-state index in [1.807, 2.05) is 36.2 Å². The van der Waals surface area contributed by atoms with Gasteiger partial charge in [-0.05, 0) is 48.6 Å². The number of phenolic OH excluding ortho intramolecular Hbond substituents is 1. The Hall–Kier alpha value is -3.26. The van der Waals surface area contributed by atoms with Crippen LogP contribution in [0.3, 0.4) is 0 Å². The number of aromatic nitrogens is 3. The predicted octanol–water partition coefficient (Wildman–Crippen LogP) is 3.59. The van der Waals surface area contributed by atoms with Crippen molar-refractivity contribution >= 4 is 5.82 Å². The van der Waals surface area contributed by atoms with Crippen molar-refractivity contribution < 1.29 is 14.2 Å². The molecule has 32 heavy (non-hydrogen) atoms. The number of benzene rings is 1. The number of piperidine rings is 1. The van der Waals surface area contributed by atoms with Crippen LogP contribution in [-0.2, 0) is 0 Å². The van der Waals surface area contributed by atoms with Crippen molar-refractivity contribution in [1.82, 2.24) is 20.3 Å². The second-order valence-corrected chi connectivity index (χ2v) is 8.48. The third kappa shape index (κ3) is 3.75. The van der Waals surface area contributed by atoms with Crippen LogP contribution >= 0.6 is 0 Å². The Morgan fingerprint density at radius 3 is 2.69 bits per heavy atom. The molecule has 2 bridgehead atoms. The highest BCUT2D eigenvalue weighted by molar-refractivity contribution is 5.74. The van der Waals surface area contributed by atoms with E-state index in [1.54, 1.807) is 31.8 Å². The molecular formula is C24H26FN5O2. The average Bonchev–Trinajstić information content (AvgIpc) is 3.24. The molecular weight excluding hydrogens is 409 g/mol. The molecule has 0 spiro atoms. The van der Waals surface area contributed by atoms with E-state index in [4.69, 9.17) is 4.74 Å². The molecule has 0 radical (unpaired) electrons. The van der Waals surface area contributed by atoms with Crippen molar-refractivity contribution in [1.29, 1.82) is 0 Å². The fourth-order valence-electron chi connectivity index (χ4n) is 4.79. The van der Waals surface area contributed by atoms with Gasteiger partial charge in [0.15, 0.2) is 0 Å². The minimum absolute atomic E-state index is 0.0655. The number of phenols is 1. The largest absolute Gasteiger partial charge is 0.507 e. The van der Waals surface area contributed by atoms with Crippen molar-refractivity contribution in [3.05, 3.63) is 48.9 Å². The number of aromatic hydroxyl groups is 1. The van der Waals surface area contributed by atoms with Crippen LogP contribution in [0.1, 0.15) is 19.3 Å². The monoisotopic (exact) mass is 435 g/mol. The van der Waals surface area contributed by atoms with Crippen molar-refractivity contribution in [3.63, 3.8) is 0 Å². The first-order valence-electron chi connectivity index (χ1n) is 10.8. The zero-order valence-corrected chi connectivity index (χ0v) is 18.1. The third-order valence-corrected chi connectivity index (χ3v) is 6.60. The van der Waals surface area contributed by atoms with Gasteiger partial charge < -0.3 is 20.1 Å². The number of pyridine rings is 1. The van der Waals surface area contributed by atoms with E-state index < -0.39 is 6.17 Å². The number of methoxy groups -OCH3 is 1. The van der Waals surface area contributed by atoms with Gasteiger partial charge in [0.25, 0.3) is 0 Å². The molecule has 2 aliphatic heterocycles. The van der Waals surface area contributed by atoms with Gasteiger partial charge in [-0.2, -0.15) is 0 Å². The molecule has 0 aliphatic carbocycles. The summed E-state index contributed by atoms with van der Waals surface area (Å²) in [5.41, 5.74) is 2.87. The molecule has 2 fully saturated rings. The topological polar surface area (TPSA) is 83.4 Å². The minimum Gasteiger partial charge on any atom is -0.507 e. The van der Waals surface area contributed by atoms with Crippen LogP contribution in [0.15, 0.2) is 48.9 Å². The van der Waals surface area contributed by atoms with E-state index in [9.17, 15) is 9.50 Å². The normalized spacial score (nSPS) is 24.3. The summed E-state index contributed by atoms with van der Waals surface area (Å²) in [5, 5.41) is 14.0. The maximum absolute atomic E-state index is 14.9. The number of hydrogen-bond acceptors (Lipinski definition) is 7. The Kier molecular flexibility index (Phi) is 5.38. The minimum atomic E-state index is -0.927. The summed E-state index contributed by atoms with van der Waals surface area (Å²) < 4.78 is 20.1. The fourth-order valence-corrected chi connectivity index (χ4v) is 4.79. The number of halogens is 1. The number of anilines is 1. The molecule has 2 N–H and O–H groups in total. The van der Waals surface area contributed by atoms with E-state index >= 15 is 0 Å². The zero-order valence-electron chi connectivity index (χ0n) is 18.1. The lowest BCUT2D eigenvalue weighted by atomic mass is 9.96. The van der Waals surface area contributed by atoms with Gasteiger partial charge in [0.1, 0.15) is 17.7 Å². The summed E-state index contributed by atoms with van der Waals surface area (Å²) in [5.74, 6) is 1.24. The smallest absolute Gasteiger partial charge is 0.213 e. The number of nitrogens with one attached hydrogen (secondary N) is 1. The molecule has 4 heterocycles. The highest BCUT2D eigenvalue weighted by atomic mass is 19.1. The lowest BCUT2D eigenvalue weighted by Gasteiger charge is -2.38. The molecule has 166 valence electrons. The molecule has 8 heteroatoms. The van der Waals surface area contributed by atoms with Gasteiger partial charge in [0.05, 0.1) is 31.2 Å². The standard InChI is InChI=1S/C24H26FN5O2/c1-30(20-11-16-4-6-18(29-16)24(20)25)22-13-27-19(12-28-22)17-5-3-14(9-21(17)31)15-7-8-26-23(10-15)32-2/h3,5,7-10,12-13,16,18,20,24,29,31H,4,6,11H2,1-2H3/t16-,18+,20-,24+/m0/s1. The van der Waals surface area contributed by atoms with Gasteiger partial charge in [-0.1, -0.05) is 6.07 Å². The first-order chi connectivity index (χ1) is 15.5. The molecule has 0 saturated carbocycles. The van der Waals surface area contributed by atoms with Crippen LogP contribution in [0.5, 0.6) is 11.6 Å². The first kappa shape index (κ1) is 20.6. The van der Waals surface area contributed by atoms with Crippen LogP contribution in [0.4, 0.5) is 10.2 Å².